The second-order valence-electron chi connectivity index (χ2n) is 7.84. The summed E-state index contributed by atoms with van der Waals surface area (Å²) in [4.78, 5) is 12.5. The van der Waals surface area contributed by atoms with Crippen LogP contribution in [0.15, 0.2) is 0 Å². The summed E-state index contributed by atoms with van der Waals surface area (Å²) in [5.41, 5.74) is 5.82. The number of carbonyl (C=O) groups excluding carboxylic acids is 1. The van der Waals surface area contributed by atoms with E-state index in [1.54, 1.807) is 0 Å². The van der Waals surface area contributed by atoms with Crippen LogP contribution in [0.4, 0.5) is 0 Å². The van der Waals surface area contributed by atoms with E-state index >= 15 is 0 Å². The van der Waals surface area contributed by atoms with E-state index in [4.69, 9.17) is 5.73 Å². The molecule has 0 spiro atoms. The predicted octanol–water partition coefficient (Wildman–Crippen LogP) is 2.05. The molecule has 0 aromatic carbocycles. The second-order valence-corrected chi connectivity index (χ2v) is 7.84. The zero-order valence-corrected chi connectivity index (χ0v) is 11.9. The summed E-state index contributed by atoms with van der Waals surface area (Å²) in [7, 11) is 0. The minimum atomic E-state index is -0.576. The molecule has 4 rings (SSSR count). The molecule has 0 aliphatic heterocycles. The van der Waals surface area contributed by atoms with E-state index in [1.807, 2.05) is 0 Å². The quantitative estimate of drug-likeness (QED) is 0.800. The number of fused-ring (bicyclic) bond motifs is 5. The standard InChI is InChI=1S/C16H26N2O/c1-9-3-2-6-16(17,8-9)15(19)18-14-12-10-4-5-11(7-10)13(12)14/h9-14H,2-8,17H2,1H3,(H,18,19). The Morgan fingerprint density at radius 1 is 1.21 bits per heavy atom. The number of rotatable bonds is 2. The molecule has 4 aliphatic carbocycles. The molecule has 4 fully saturated rings. The van der Waals surface area contributed by atoms with Crippen LogP contribution in [0.25, 0.3) is 0 Å². The molecule has 0 radical (unpaired) electrons. The van der Waals surface area contributed by atoms with Gasteiger partial charge in [0, 0.05) is 6.04 Å². The van der Waals surface area contributed by atoms with Gasteiger partial charge in [0.1, 0.15) is 0 Å². The third-order valence-corrected chi connectivity index (χ3v) is 6.52. The van der Waals surface area contributed by atoms with Crippen LogP contribution in [-0.4, -0.2) is 17.5 Å². The molecular formula is C16H26N2O. The molecule has 0 saturated heterocycles. The lowest BCUT2D eigenvalue weighted by Gasteiger charge is -2.35. The monoisotopic (exact) mass is 262 g/mol. The highest BCUT2D eigenvalue weighted by Gasteiger charge is 2.65. The zero-order valence-electron chi connectivity index (χ0n) is 11.9. The van der Waals surface area contributed by atoms with Crippen molar-refractivity contribution in [3.8, 4) is 0 Å². The molecule has 106 valence electrons. The van der Waals surface area contributed by atoms with Gasteiger partial charge in [0.25, 0.3) is 0 Å². The maximum absolute atomic E-state index is 12.5. The Morgan fingerprint density at radius 3 is 2.53 bits per heavy atom. The van der Waals surface area contributed by atoms with Crippen molar-refractivity contribution in [2.45, 2.75) is 63.5 Å². The molecule has 19 heavy (non-hydrogen) atoms. The molecule has 3 N–H and O–H groups in total. The number of hydrogen-bond donors (Lipinski definition) is 2. The average molecular weight is 262 g/mol. The van der Waals surface area contributed by atoms with Gasteiger partial charge in [-0.25, -0.2) is 0 Å². The van der Waals surface area contributed by atoms with Crippen LogP contribution in [0.2, 0.25) is 0 Å². The topological polar surface area (TPSA) is 55.1 Å². The molecule has 4 aliphatic rings. The van der Waals surface area contributed by atoms with Gasteiger partial charge >= 0.3 is 0 Å². The molecular weight excluding hydrogens is 236 g/mol. The van der Waals surface area contributed by atoms with Crippen LogP contribution in [0.1, 0.15) is 51.9 Å². The maximum Gasteiger partial charge on any atom is 0.240 e. The lowest BCUT2D eigenvalue weighted by atomic mass is 9.76. The Labute approximate surface area is 115 Å². The number of amides is 1. The van der Waals surface area contributed by atoms with Crippen molar-refractivity contribution in [3.63, 3.8) is 0 Å². The molecule has 0 aromatic rings. The summed E-state index contributed by atoms with van der Waals surface area (Å²) in [6.07, 6.45) is 8.32. The third kappa shape index (κ3) is 1.77. The van der Waals surface area contributed by atoms with E-state index in [0.717, 1.165) is 42.9 Å². The fourth-order valence-corrected chi connectivity index (χ4v) is 5.61. The third-order valence-electron chi connectivity index (χ3n) is 6.52. The summed E-state index contributed by atoms with van der Waals surface area (Å²) in [5.74, 6) is 4.20. The molecule has 1 amide bonds. The van der Waals surface area contributed by atoms with E-state index in [0.29, 0.717) is 12.0 Å². The molecule has 6 atom stereocenters. The maximum atomic E-state index is 12.5. The van der Waals surface area contributed by atoms with Crippen molar-refractivity contribution in [3.05, 3.63) is 0 Å². The fourth-order valence-electron chi connectivity index (χ4n) is 5.61. The Bertz CT molecular complexity index is 394. The van der Waals surface area contributed by atoms with Gasteiger partial charge in [-0.2, -0.15) is 0 Å². The Balaban J connectivity index is 1.40. The number of hydrogen-bond acceptors (Lipinski definition) is 2. The van der Waals surface area contributed by atoms with E-state index < -0.39 is 5.54 Å². The van der Waals surface area contributed by atoms with E-state index in [9.17, 15) is 4.79 Å². The minimum Gasteiger partial charge on any atom is -0.351 e. The lowest BCUT2D eigenvalue weighted by molar-refractivity contribution is -0.128. The Morgan fingerprint density at radius 2 is 1.89 bits per heavy atom. The van der Waals surface area contributed by atoms with Gasteiger partial charge in [-0.15, -0.1) is 0 Å². The smallest absolute Gasteiger partial charge is 0.240 e. The molecule has 3 nitrogen and oxygen atoms in total. The van der Waals surface area contributed by atoms with Crippen molar-refractivity contribution in [1.29, 1.82) is 0 Å². The van der Waals surface area contributed by atoms with Gasteiger partial charge < -0.3 is 11.1 Å². The zero-order chi connectivity index (χ0) is 13.2. The SMILES string of the molecule is CC1CCCC(N)(C(=O)NC2C3C4CCC(C4)C23)C1. The molecule has 3 heteroatoms. The van der Waals surface area contributed by atoms with Gasteiger partial charge in [0.15, 0.2) is 0 Å². The normalized spacial score (nSPS) is 54.8. The fraction of sp³-hybridized carbons (Fsp3) is 0.938. The Kier molecular flexibility index (Phi) is 2.55. The summed E-state index contributed by atoms with van der Waals surface area (Å²) in [6, 6.07) is 0.483. The van der Waals surface area contributed by atoms with Crippen LogP contribution in [0.5, 0.6) is 0 Å². The molecule has 4 saturated carbocycles. The van der Waals surface area contributed by atoms with E-state index in [1.165, 1.54) is 25.7 Å². The minimum absolute atomic E-state index is 0.151. The van der Waals surface area contributed by atoms with Gasteiger partial charge in [0.05, 0.1) is 5.54 Å². The Hall–Kier alpha value is -0.570. The van der Waals surface area contributed by atoms with E-state index in [-0.39, 0.29) is 5.91 Å². The highest BCUT2D eigenvalue weighted by Crippen LogP contribution is 2.65. The van der Waals surface area contributed by atoms with Crippen LogP contribution >= 0.6 is 0 Å². The first-order valence-corrected chi connectivity index (χ1v) is 8.18. The molecule has 0 heterocycles. The van der Waals surface area contributed by atoms with Crippen LogP contribution in [-0.2, 0) is 4.79 Å². The summed E-state index contributed by atoms with van der Waals surface area (Å²) < 4.78 is 0. The highest BCUT2D eigenvalue weighted by atomic mass is 16.2. The average Bonchev–Trinajstić information content (AvgIpc) is 2.77. The first kappa shape index (κ1) is 12.2. The van der Waals surface area contributed by atoms with Gasteiger partial charge in [-0.3, -0.25) is 4.79 Å². The second kappa shape index (κ2) is 3.97. The number of carbonyl (C=O) groups is 1. The largest absolute Gasteiger partial charge is 0.351 e. The number of nitrogens with one attached hydrogen (secondary N) is 1. The van der Waals surface area contributed by atoms with Gasteiger partial charge in [-0.1, -0.05) is 19.8 Å². The summed E-state index contributed by atoms with van der Waals surface area (Å²) in [6.45, 7) is 2.22. The van der Waals surface area contributed by atoms with Gasteiger partial charge in [-0.05, 0) is 61.7 Å². The highest BCUT2D eigenvalue weighted by molar-refractivity contribution is 5.86. The molecule has 2 bridgehead atoms. The summed E-state index contributed by atoms with van der Waals surface area (Å²) >= 11 is 0. The summed E-state index contributed by atoms with van der Waals surface area (Å²) in [5, 5.41) is 3.32. The number of nitrogens with two attached hydrogens (primary N) is 1. The van der Waals surface area contributed by atoms with Crippen molar-refractivity contribution in [1.82, 2.24) is 5.32 Å². The van der Waals surface area contributed by atoms with Crippen LogP contribution in [0, 0.1) is 29.6 Å². The first-order valence-electron chi connectivity index (χ1n) is 8.18. The van der Waals surface area contributed by atoms with Crippen LogP contribution < -0.4 is 11.1 Å². The van der Waals surface area contributed by atoms with Gasteiger partial charge in [0.2, 0.25) is 5.91 Å². The lowest BCUT2D eigenvalue weighted by Crippen LogP contribution is -2.57. The van der Waals surface area contributed by atoms with Crippen molar-refractivity contribution >= 4 is 5.91 Å². The van der Waals surface area contributed by atoms with Crippen LogP contribution in [0.3, 0.4) is 0 Å². The van der Waals surface area contributed by atoms with Crippen molar-refractivity contribution < 1.29 is 4.79 Å². The molecule has 0 aromatic heterocycles. The van der Waals surface area contributed by atoms with Crippen molar-refractivity contribution in [2.24, 2.45) is 35.3 Å². The molecule has 6 unspecified atom stereocenters. The van der Waals surface area contributed by atoms with E-state index in [2.05, 4.69) is 12.2 Å². The van der Waals surface area contributed by atoms with Crippen molar-refractivity contribution in [2.75, 3.05) is 0 Å². The first-order chi connectivity index (χ1) is 9.08. The predicted molar refractivity (Wildman–Crippen MR) is 74.3 cm³/mol.